The van der Waals surface area contributed by atoms with Gasteiger partial charge in [0.15, 0.2) is 6.17 Å². The molecule has 1 saturated heterocycles. The lowest BCUT2D eigenvalue weighted by Gasteiger charge is -2.37. The van der Waals surface area contributed by atoms with Crippen LogP contribution in [-0.4, -0.2) is 69.8 Å². The van der Waals surface area contributed by atoms with Crippen molar-refractivity contribution in [1.82, 2.24) is 9.80 Å². The van der Waals surface area contributed by atoms with Crippen LogP contribution >= 0.6 is 0 Å². The summed E-state index contributed by atoms with van der Waals surface area (Å²) >= 11 is 0. The molecule has 8 heteroatoms. The number of amides is 2. The Morgan fingerprint density at radius 1 is 1.44 bits per heavy atom. The average Bonchev–Trinajstić information content (AvgIpc) is 2.30. The van der Waals surface area contributed by atoms with Gasteiger partial charge in [-0.1, -0.05) is 0 Å². The Morgan fingerprint density at radius 3 is 2.56 bits per heavy atom. The van der Waals surface area contributed by atoms with Crippen LogP contribution in [0.4, 0.5) is 9.18 Å². The number of carbonyl (C=O) groups is 3. The highest BCUT2D eigenvalue weighted by Crippen LogP contribution is 2.12. The number of hydrogen-bond donors (Lipinski definition) is 2. The molecule has 0 aromatic heterocycles. The van der Waals surface area contributed by atoms with Gasteiger partial charge in [-0.2, -0.15) is 0 Å². The van der Waals surface area contributed by atoms with Crippen molar-refractivity contribution in [2.45, 2.75) is 25.6 Å². The third kappa shape index (κ3) is 3.08. The largest absolute Gasteiger partial charge is 0.479 e. The zero-order valence-electron chi connectivity index (χ0n) is 9.87. The standard InChI is InChI=1S/C10H15FN2O5/c1-6-8(14)12(3-2-7(11)9(15)16)4-5-13(6)10(17)18/h6-7H,2-5H2,1H3,(H,15,16)(H,17,18)/t6-,7+/m0/s1. The molecule has 102 valence electrons. The highest BCUT2D eigenvalue weighted by Gasteiger charge is 2.34. The van der Waals surface area contributed by atoms with Gasteiger partial charge in [0.25, 0.3) is 0 Å². The third-order valence-corrected chi connectivity index (χ3v) is 2.91. The second-order valence-corrected chi connectivity index (χ2v) is 4.07. The summed E-state index contributed by atoms with van der Waals surface area (Å²) in [5.74, 6) is -1.99. The maximum Gasteiger partial charge on any atom is 0.408 e. The molecule has 2 amide bonds. The van der Waals surface area contributed by atoms with Gasteiger partial charge in [0, 0.05) is 26.1 Å². The van der Waals surface area contributed by atoms with E-state index in [0.29, 0.717) is 0 Å². The fourth-order valence-corrected chi connectivity index (χ4v) is 1.81. The number of nitrogens with zero attached hydrogens (tertiary/aromatic N) is 2. The molecule has 2 N–H and O–H groups in total. The zero-order chi connectivity index (χ0) is 13.9. The summed E-state index contributed by atoms with van der Waals surface area (Å²) < 4.78 is 12.9. The predicted molar refractivity (Wildman–Crippen MR) is 57.9 cm³/mol. The van der Waals surface area contributed by atoms with Crippen LogP contribution in [-0.2, 0) is 9.59 Å². The number of alkyl halides is 1. The second-order valence-electron chi connectivity index (χ2n) is 4.07. The molecule has 0 aromatic rings. The van der Waals surface area contributed by atoms with Crippen molar-refractivity contribution in [1.29, 1.82) is 0 Å². The molecule has 0 saturated carbocycles. The molecule has 1 rings (SSSR count). The summed E-state index contributed by atoms with van der Waals surface area (Å²) in [7, 11) is 0. The van der Waals surface area contributed by atoms with Crippen LogP contribution in [0.3, 0.4) is 0 Å². The normalized spacial score (nSPS) is 21.9. The molecule has 1 aliphatic rings. The fraction of sp³-hybridized carbons (Fsp3) is 0.700. The van der Waals surface area contributed by atoms with Crippen molar-refractivity contribution in [3.8, 4) is 0 Å². The number of carboxylic acid groups (broad SMARTS) is 2. The van der Waals surface area contributed by atoms with E-state index >= 15 is 0 Å². The Labute approximate surface area is 103 Å². The van der Waals surface area contributed by atoms with Crippen molar-refractivity contribution in [2.24, 2.45) is 0 Å². The average molecular weight is 262 g/mol. The van der Waals surface area contributed by atoms with Crippen LogP contribution in [0.15, 0.2) is 0 Å². The van der Waals surface area contributed by atoms with Gasteiger partial charge in [-0.15, -0.1) is 0 Å². The summed E-state index contributed by atoms with van der Waals surface area (Å²) in [5, 5.41) is 17.2. The maximum absolute atomic E-state index is 12.9. The number of carbonyl (C=O) groups excluding carboxylic acids is 1. The minimum Gasteiger partial charge on any atom is -0.479 e. The Morgan fingerprint density at radius 2 is 2.06 bits per heavy atom. The van der Waals surface area contributed by atoms with Gasteiger partial charge < -0.3 is 15.1 Å². The Bertz CT molecular complexity index is 362. The summed E-state index contributed by atoms with van der Waals surface area (Å²) in [4.78, 5) is 35.2. The predicted octanol–water partition coefficient (Wildman–Crippen LogP) is 0.00990. The van der Waals surface area contributed by atoms with E-state index in [-0.39, 0.29) is 26.1 Å². The fourth-order valence-electron chi connectivity index (χ4n) is 1.81. The first-order chi connectivity index (χ1) is 8.34. The molecule has 0 spiro atoms. The SMILES string of the molecule is C[C@H]1C(=O)N(CC[C@@H](F)C(=O)O)CCN1C(=O)O. The van der Waals surface area contributed by atoms with Gasteiger partial charge in [-0.25, -0.2) is 14.0 Å². The number of rotatable bonds is 4. The molecule has 7 nitrogen and oxygen atoms in total. The summed E-state index contributed by atoms with van der Waals surface area (Å²) in [6.07, 6.45) is -3.48. The lowest BCUT2D eigenvalue weighted by atomic mass is 10.1. The smallest absolute Gasteiger partial charge is 0.408 e. The second kappa shape index (κ2) is 5.65. The lowest BCUT2D eigenvalue weighted by Crippen LogP contribution is -2.57. The van der Waals surface area contributed by atoms with Gasteiger partial charge in [0.05, 0.1) is 0 Å². The topological polar surface area (TPSA) is 98.2 Å². The van der Waals surface area contributed by atoms with Crippen molar-refractivity contribution in [3.63, 3.8) is 0 Å². The third-order valence-electron chi connectivity index (χ3n) is 2.91. The molecule has 1 fully saturated rings. The van der Waals surface area contributed by atoms with Crippen molar-refractivity contribution >= 4 is 18.0 Å². The van der Waals surface area contributed by atoms with Crippen LogP contribution in [0, 0.1) is 0 Å². The van der Waals surface area contributed by atoms with E-state index in [1.165, 1.54) is 11.8 Å². The summed E-state index contributed by atoms with van der Waals surface area (Å²) in [6, 6.07) is -0.820. The Balaban J connectivity index is 2.53. The zero-order valence-corrected chi connectivity index (χ0v) is 9.87. The molecule has 1 aliphatic heterocycles. The van der Waals surface area contributed by atoms with Crippen LogP contribution in [0.25, 0.3) is 0 Å². The number of aliphatic carboxylic acids is 1. The van der Waals surface area contributed by atoms with E-state index in [9.17, 15) is 18.8 Å². The molecule has 0 bridgehead atoms. The van der Waals surface area contributed by atoms with Gasteiger partial charge >= 0.3 is 12.1 Å². The molecule has 1 heterocycles. The molecule has 2 atom stereocenters. The van der Waals surface area contributed by atoms with Crippen LogP contribution in [0.5, 0.6) is 0 Å². The first-order valence-electron chi connectivity index (χ1n) is 5.49. The minimum atomic E-state index is -2.01. The monoisotopic (exact) mass is 262 g/mol. The van der Waals surface area contributed by atoms with E-state index in [1.807, 2.05) is 0 Å². The van der Waals surface area contributed by atoms with Crippen LogP contribution in [0.2, 0.25) is 0 Å². The Hall–Kier alpha value is -1.86. The van der Waals surface area contributed by atoms with Gasteiger partial charge in [0.2, 0.25) is 5.91 Å². The van der Waals surface area contributed by atoms with Crippen molar-refractivity contribution in [3.05, 3.63) is 0 Å². The van der Waals surface area contributed by atoms with E-state index < -0.39 is 30.2 Å². The molecule has 0 aliphatic carbocycles. The van der Waals surface area contributed by atoms with Gasteiger partial charge in [0.1, 0.15) is 6.04 Å². The van der Waals surface area contributed by atoms with E-state index in [0.717, 1.165) is 4.90 Å². The number of hydrogen-bond acceptors (Lipinski definition) is 3. The van der Waals surface area contributed by atoms with Gasteiger partial charge in [-0.05, 0) is 6.92 Å². The highest BCUT2D eigenvalue weighted by molar-refractivity contribution is 5.86. The molecule has 0 aromatic carbocycles. The molecule has 0 unspecified atom stereocenters. The van der Waals surface area contributed by atoms with E-state index in [1.54, 1.807) is 0 Å². The molecular weight excluding hydrogens is 247 g/mol. The maximum atomic E-state index is 12.9. The van der Waals surface area contributed by atoms with Crippen molar-refractivity contribution in [2.75, 3.05) is 19.6 Å². The number of carboxylic acids is 1. The lowest BCUT2D eigenvalue weighted by molar-refractivity contribution is -0.145. The quantitative estimate of drug-likeness (QED) is 0.743. The molecule has 18 heavy (non-hydrogen) atoms. The first-order valence-corrected chi connectivity index (χ1v) is 5.49. The summed E-state index contributed by atoms with van der Waals surface area (Å²) in [6.45, 7) is 1.73. The number of piperazine rings is 1. The molecule has 0 radical (unpaired) electrons. The minimum absolute atomic E-state index is 0.0237. The van der Waals surface area contributed by atoms with Gasteiger partial charge in [-0.3, -0.25) is 9.69 Å². The Kier molecular flexibility index (Phi) is 4.46. The number of halogens is 1. The molecular formula is C10H15FN2O5. The van der Waals surface area contributed by atoms with Crippen molar-refractivity contribution < 1.29 is 29.0 Å². The summed E-state index contributed by atoms with van der Waals surface area (Å²) in [5.41, 5.74) is 0. The van der Waals surface area contributed by atoms with E-state index in [2.05, 4.69) is 0 Å². The highest BCUT2D eigenvalue weighted by atomic mass is 19.1. The van der Waals surface area contributed by atoms with E-state index in [4.69, 9.17) is 10.2 Å². The van der Waals surface area contributed by atoms with Crippen LogP contribution < -0.4 is 0 Å². The first kappa shape index (κ1) is 14.2. The van der Waals surface area contributed by atoms with Crippen LogP contribution in [0.1, 0.15) is 13.3 Å².